The number of carbonyl (C=O) groups excluding carboxylic acids is 1. The maximum absolute atomic E-state index is 13.3. The van der Waals surface area contributed by atoms with E-state index in [-0.39, 0.29) is 23.6 Å². The number of sulfone groups is 1. The number of rotatable bonds is 2. The minimum absolute atomic E-state index is 0.0130. The van der Waals surface area contributed by atoms with Gasteiger partial charge < -0.3 is 0 Å². The van der Waals surface area contributed by atoms with E-state index in [1.165, 1.54) is 0 Å². The standard InChI is InChI=1S/C19H19ClN2O3S/c1-12-4-3-5-16(13(12)2)22-18-11-26(24,25)10-17(18)21(19(22)23)15-8-6-14(20)7-9-15/h3-9,17-18H,10-11H2,1-2H3/t17-,18-/m1/s1. The second kappa shape index (κ2) is 5.99. The van der Waals surface area contributed by atoms with E-state index in [4.69, 9.17) is 11.6 Å². The first-order chi connectivity index (χ1) is 12.3. The third-order valence-electron chi connectivity index (χ3n) is 5.31. The van der Waals surface area contributed by atoms with Crippen LogP contribution in [0.25, 0.3) is 0 Å². The molecule has 2 atom stereocenters. The molecule has 0 spiro atoms. The summed E-state index contributed by atoms with van der Waals surface area (Å²) >= 11 is 5.96. The van der Waals surface area contributed by atoms with Crippen LogP contribution in [0.3, 0.4) is 0 Å². The number of amides is 2. The number of anilines is 2. The molecular formula is C19H19ClN2O3S. The minimum Gasteiger partial charge on any atom is -0.288 e. The van der Waals surface area contributed by atoms with Gasteiger partial charge in [0.15, 0.2) is 9.84 Å². The van der Waals surface area contributed by atoms with Crippen molar-refractivity contribution in [1.29, 1.82) is 0 Å². The van der Waals surface area contributed by atoms with Crippen molar-refractivity contribution < 1.29 is 13.2 Å². The van der Waals surface area contributed by atoms with E-state index in [9.17, 15) is 13.2 Å². The zero-order valence-electron chi connectivity index (χ0n) is 14.5. The number of benzene rings is 2. The summed E-state index contributed by atoms with van der Waals surface area (Å²) < 4.78 is 24.6. The fourth-order valence-corrected chi connectivity index (χ4v) is 5.93. The number of urea groups is 1. The minimum atomic E-state index is -3.20. The van der Waals surface area contributed by atoms with Gasteiger partial charge in [0, 0.05) is 16.4 Å². The van der Waals surface area contributed by atoms with Gasteiger partial charge in [-0.1, -0.05) is 23.7 Å². The second-order valence-electron chi connectivity index (χ2n) is 6.93. The van der Waals surface area contributed by atoms with Crippen molar-refractivity contribution >= 4 is 38.8 Å². The lowest BCUT2D eigenvalue weighted by Gasteiger charge is -2.24. The quantitative estimate of drug-likeness (QED) is 0.736. The molecule has 0 saturated carbocycles. The molecule has 5 nitrogen and oxygen atoms in total. The number of nitrogens with zero attached hydrogens (tertiary/aromatic N) is 2. The number of hydrogen-bond acceptors (Lipinski definition) is 3. The molecule has 26 heavy (non-hydrogen) atoms. The first-order valence-corrected chi connectivity index (χ1v) is 10.6. The Kier molecular flexibility index (Phi) is 4.00. The number of hydrogen-bond donors (Lipinski definition) is 0. The average Bonchev–Trinajstić information content (AvgIpc) is 3.01. The Bertz CT molecular complexity index is 988. The zero-order chi connectivity index (χ0) is 18.6. The summed E-state index contributed by atoms with van der Waals surface area (Å²) in [7, 11) is -3.20. The summed E-state index contributed by atoms with van der Waals surface area (Å²) in [5, 5.41) is 0.572. The lowest BCUT2D eigenvalue weighted by Crippen LogP contribution is -2.38. The third kappa shape index (κ3) is 2.68. The highest BCUT2D eigenvalue weighted by Gasteiger charge is 2.54. The molecule has 0 bridgehead atoms. The molecule has 7 heteroatoms. The smallest absolute Gasteiger partial charge is 0.288 e. The molecule has 2 aromatic carbocycles. The largest absolute Gasteiger partial charge is 0.329 e. The van der Waals surface area contributed by atoms with E-state index in [1.807, 2.05) is 32.0 Å². The Balaban J connectivity index is 1.84. The maximum atomic E-state index is 13.3. The lowest BCUT2D eigenvalue weighted by molar-refractivity contribution is 0.255. The lowest BCUT2D eigenvalue weighted by atomic mass is 10.1. The van der Waals surface area contributed by atoms with Crippen LogP contribution in [0.2, 0.25) is 5.02 Å². The highest BCUT2D eigenvalue weighted by Crippen LogP contribution is 2.39. The van der Waals surface area contributed by atoms with Gasteiger partial charge in [-0.15, -0.1) is 0 Å². The van der Waals surface area contributed by atoms with E-state index in [0.717, 1.165) is 16.8 Å². The van der Waals surface area contributed by atoms with Crippen LogP contribution in [0, 0.1) is 13.8 Å². The molecule has 2 saturated heterocycles. The van der Waals surface area contributed by atoms with Gasteiger partial charge >= 0.3 is 6.03 Å². The highest BCUT2D eigenvalue weighted by atomic mass is 35.5. The summed E-state index contributed by atoms with van der Waals surface area (Å²) in [4.78, 5) is 16.6. The SMILES string of the molecule is Cc1cccc(N2C(=O)N(c3ccc(Cl)cc3)[C@@H]3CS(=O)(=O)C[C@H]32)c1C. The van der Waals surface area contributed by atoms with E-state index < -0.39 is 15.9 Å². The number of fused-ring (bicyclic) bond motifs is 1. The number of halogens is 1. The van der Waals surface area contributed by atoms with Crippen LogP contribution < -0.4 is 9.80 Å². The van der Waals surface area contributed by atoms with Crippen molar-refractivity contribution in [1.82, 2.24) is 0 Å². The zero-order valence-corrected chi connectivity index (χ0v) is 16.1. The van der Waals surface area contributed by atoms with E-state index >= 15 is 0 Å². The fraction of sp³-hybridized carbons (Fsp3) is 0.316. The summed E-state index contributed by atoms with van der Waals surface area (Å²) in [5.74, 6) is -0.0335. The van der Waals surface area contributed by atoms with Crippen LogP contribution in [0.4, 0.5) is 16.2 Å². The second-order valence-corrected chi connectivity index (χ2v) is 9.52. The van der Waals surface area contributed by atoms with Crippen LogP contribution in [-0.2, 0) is 9.84 Å². The average molecular weight is 391 g/mol. The van der Waals surface area contributed by atoms with Gasteiger partial charge in [-0.05, 0) is 55.3 Å². The number of aryl methyl sites for hydroxylation is 1. The monoisotopic (exact) mass is 390 g/mol. The van der Waals surface area contributed by atoms with Gasteiger partial charge in [-0.25, -0.2) is 13.2 Å². The van der Waals surface area contributed by atoms with Crippen LogP contribution >= 0.6 is 11.6 Å². The van der Waals surface area contributed by atoms with Crippen LogP contribution in [0.1, 0.15) is 11.1 Å². The van der Waals surface area contributed by atoms with Crippen molar-refractivity contribution in [2.24, 2.45) is 0 Å². The molecule has 4 rings (SSSR count). The summed E-state index contributed by atoms with van der Waals surface area (Å²) in [5.41, 5.74) is 3.50. The Morgan fingerprint density at radius 2 is 1.58 bits per heavy atom. The molecule has 2 aromatic rings. The Morgan fingerprint density at radius 1 is 0.962 bits per heavy atom. The topological polar surface area (TPSA) is 57.7 Å². The van der Waals surface area contributed by atoms with Gasteiger partial charge in [0.2, 0.25) is 0 Å². The van der Waals surface area contributed by atoms with E-state index in [2.05, 4.69) is 0 Å². The Labute approximate surface area is 158 Å². The molecule has 2 fully saturated rings. The predicted molar refractivity (Wildman–Crippen MR) is 104 cm³/mol. The Hall–Kier alpha value is -2.05. The van der Waals surface area contributed by atoms with Crippen molar-refractivity contribution in [3.05, 3.63) is 58.6 Å². The van der Waals surface area contributed by atoms with Crippen molar-refractivity contribution in [2.75, 3.05) is 21.3 Å². The van der Waals surface area contributed by atoms with Gasteiger partial charge in [0.1, 0.15) is 0 Å². The van der Waals surface area contributed by atoms with Crippen LogP contribution in [0.5, 0.6) is 0 Å². The molecule has 0 unspecified atom stereocenters. The van der Waals surface area contributed by atoms with Crippen LogP contribution in [-0.4, -0.2) is 38.0 Å². The van der Waals surface area contributed by atoms with Crippen molar-refractivity contribution in [3.63, 3.8) is 0 Å². The molecule has 2 amide bonds. The van der Waals surface area contributed by atoms with Crippen molar-refractivity contribution in [2.45, 2.75) is 25.9 Å². The van der Waals surface area contributed by atoms with Crippen LogP contribution in [0.15, 0.2) is 42.5 Å². The maximum Gasteiger partial charge on any atom is 0.329 e. The molecule has 2 aliphatic heterocycles. The normalized spacial score (nSPS) is 24.2. The molecule has 0 radical (unpaired) electrons. The number of carbonyl (C=O) groups is 1. The molecule has 136 valence electrons. The van der Waals surface area contributed by atoms with Gasteiger partial charge in [-0.3, -0.25) is 9.80 Å². The Morgan fingerprint density at radius 3 is 2.23 bits per heavy atom. The molecule has 0 aliphatic carbocycles. The first kappa shape index (κ1) is 17.4. The first-order valence-electron chi connectivity index (χ1n) is 8.43. The third-order valence-corrected chi connectivity index (χ3v) is 7.26. The highest BCUT2D eigenvalue weighted by molar-refractivity contribution is 7.91. The fourth-order valence-electron chi connectivity index (χ4n) is 3.89. The van der Waals surface area contributed by atoms with Gasteiger partial charge in [0.05, 0.1) is 23.6 Å². The van der Waals surface area contributed by atoms with Gasteiger partial charge in [0.25, 0.3) is 0 Å². The molecular weight excluding hydrogens is 372 g/mol. The van der Waals surface area contributed by atoms with E-state index in [1.54, 1.807) is 34.1 Å². The van der Waals surface area contributed by atoms with Crippen molar-refractivity contribution in [3.8, 4) is 0 Å². The molecule has 0 N–H and O–H groups in total. The molecule has 0 aromatic heterocycles. The summed E-state index contributed by atoms with van der Waals surface area (Å²) in [6.07, 6.45) is 0. The molecule has 2 heterocycles. The predicted octanol–water partition coefficient (Wildman–Crippen LogP) is 3.57. The summed E-state index contributed by atoms with van der Waals surface area (Å²) in [6, 6.07) is 11.7. The summed E-state index contributed by atoms with van der Waals surface area (Å²) in [6.45, 7) is 3.95. The molecule has 2 aliphatic rings. The van der Waals surface area contributed by atoms with Gasteiger partial charge in [-0.2, -0.15) is 0 Å². The van der Waals surface area contributed by atoms with E-state index in [0.29, 0.717) is 10.7 Å².